The number of amides is 1. The summed E-state index contributed by atoms with van der Waals surface area (Å²) in [6.07, 6.45) is 2.96. The van der Waals surface area contributed by atoms with E-state index >= 15 is 0 Å². The molecule has 0 aliphatic heterocycles. The minimum atomic E-state index is -0.965. The van der Waals surface area contributed by atoms with E-state index in [9.17, 15) is 14.7 Å². The third-order valence-corrected chi connectivity index (χ3v) is 4.14. The Labute approximate surface area is 136 Å². The van der Waals surface area contributed by atoms with Crippen molar-refractivity contribution in [3.63, 3.8) is 0 Å². The van der Waals surface area contributed by atoms with E-state index in [0.717, 1.165) is 23.5 Å². The Kier molecular flexibility index (Phi) is 7.00. The van der Waals surface area contributed by atoms with Gasteiger partial charge in [0.1, 0.15) is 6.04 Å². The van der Waals surface area contributed by atoms with E-state index in [2.05, 4.69) is 31.1 Å². The predicted octanol–water partition coefficient (Wildman–Crippen LogP) is 3.17. The lowest BCUT2D eigenvalue weighted by molar-refractivity contribution is -0.142. The molecule has 5 nitrogen and oxygen atoms in total. The molecule has 0 aliphatic rings. The van der Waals surface area contributed by atoms with Crippen LogP contribution in [-0.2, 0) is 16.0 Å². The van der Waals surface area contributed by atoms with E-state index in [1.807, 2.05) is 12.3 Å². The molecular weight excluding hydrogens is 300 g/mol. The van der Waals surface area contributed by atoms with Crippen LogP contribution in [0.15, 0.2) is 5.38 Å². The summed E-state index contributed by atoms with van der Waals surface area (Å²) in [7, 11) is 0. The average molecular weight is 326 g/mol. The molecule has 1 aromatic heterocycles. The van der Waals surface area contributed by atoms with Crippen molar-refractivity contribution in [3.8, 4) is 0 Å². The van der Waals surface area contributed by atoms with Crippen molar-refractivity contribution >= 4 is 23.2 Å². The van der Waals surface area contributed by atoms with Crippen LogP contribution in [0.3, 0.4) is 0 Å². The van der Waals surface area contributed by atoms with Gasteiger partial charge in [-0.2, -0.15) is 0 Å². The summed E-state index contributed by atoms with van der Waals surface area (Å²) in [5.74, 6) is -1.17. The monoisotopic (exact) mass is 326 g/mol. The van der Waals surface area contributed by atoms with Crippen LogP contribution in [0, 0.1) is 12.3 Å². The van der Waals surface area contributed by atoms with Crippen LogP contribution >= 0.6 is 11.3 Å². The Morgan fingerprint density at radius 3 is 2.59 bits per heavy atom. The second-order valence-electron chi connectivity index (χ2n) is 6.77. The third-order valence-electron chi connectivity index (χ3n) is 3.32. The van der Waals surface area contributed by atoms with Crippen LogP contribution in [0.5, 0.6) is 0 Å². The van der Waals surface area contributed by atoms with E-state index in [1.54, 1.807) is 11.3 Å². The molecule has 0 radical (unpaired) electrons. The van der Waals surface area contributed by atoms with E-state index in [-0.39, 0.29) is 11.3 Å². The Hall–Kier alpha value is -1.43. The number of aliphatic carboxylic acids is 1. The highest BCUT2D eigenvalue weighted by Crippen LogP contribution is 2.21. The molecule has 1 heterocycles. The Balaban J connectivity index is 2.35. The van der Waals surface area contributed by atoms with E-state index in [0.29, 0.717) is 19.3 Å². The molecule has 0 aliphatic carbocycles. The summed E-state index contributed by atoms with van der Waals surface area (Å²) in [6.45, 7) is 8.13. The quantitative estimate of drug-likeness (QED) is 0.769. The summed E-state index contributed by atoms with van der Waals surface area (Å²) >= 11 is 1.60. The maximum absolute atomic E-state index is 11.9. The Morgan fingerprint density at radius 2 is 2.09 bits per heavy atom. The van der Waals surface area contributed by atoms with Gasteiger partial charge in [0.05, 0.1) is 10.7 Å². The number of carboxylic acids is 1. The van der Waals surface area contributed by atoms with Crippen LogP contribution < -0.4 is 5.32 Å². The molecule has 0 bridgehead atoms. The molecular formula is C16H26N2O3S. The second kappa shape index (κ2) is 8.27. The fourth-order valence-corrected chi connectivity index (χ4v) is 2.70. The minimum absolute atomic E-state index is 0.0565. The van der Waals surface area contributed by atoms with Gasteiger partial charge >= 0.3 is 5.97 Å². The van der Waals surface area contributed by atoms with Crippen molar-refractivity contribution in [2.24, 2.45) is 5.41 Å². The van der Waals surface area contributed by atoms with Gasteiger partial charge in [-0.05, 0) is 38.0 Å². The number of carboxylic acid groups (broad SMARTS) is 1. The molecule has 1 amide bonds. The van der Waals surface area contributed by atoms with Gasteiger partial charge in [0.15, 0.2) is 0 Å². The van der Waals surface area contributed by atoms with Crippen molar-refractivity contribution in [2.75, 3.05) is 0 Å². The van der Waals surface area contributed by atoms with Gasteiger partial charge in [-0.15, -0.1) is 11.3 Å². The van der Waals surface area contributed by atoms with Gasteiger partial charge in [0.25, 0.3) is 0 Å². The number of nitrogens with one attached hydrogen (secondary N) is 1. The molecule has 2 N–H and O–H groups in total. The highest BCUT2D eigenvalue weighted by Gasteiger charge is 2.22. The van der Waals surface area contributed by atoms with Gasteiger partial charge in [0.2, 0.25) is 5.91 Å². The molecule has 22 heavy (non-hydrogen) atoms. The van der Waals surface area contributed by atoms with Crippen LogP contribution in [0.25, 0.3) is 0 Å². The molecule has 0 saturated heterocycles. The molecule has 1 aromatic rings. The number of aryl methyl sites for hydroxylation is 2. The molecule has 0 aromatic carbocycles. The summed E-state index contributed by atoms with van der Waals surface area (Å²) in [6, 6.07) is -0.798. The first-order valence-electron chi connectivity index (χ1n) is 7.60. The molecule has 124 valence electrons. The van der Waals surface area contributed by atoms with Crippen LogP contribution in [0.1, 0.15) is 57.2 Å². The van der Waals surface area contributed by atoms with E-state index in [1.165, 1.54) is 0 Å². The molecule has 0 spiro atoms. The number of carbonyl (C=O) groups excluding carboxylic acids is 1. The third kappa shape index (κ3) is 7.54. The van der Waals surface area contributed by atoms with Crippen molar-refractivity contribution < 1.29 is 14.7 Å². The summed E-state index contributed by atoms with van der Waals surface area (Å²) in [5, 5.41) is 14.8. The molecule has 6 heteroatoms. The first-order valence-corrected chi connectivity index (χ1v) is 8.48. The lowest BCUT2D eigenvalue weighted by Crippen LogP contribution is -2.41. The number of thiazole rings is 1. The normalized spacial score (nSPS) is 12.9. The zero-order chi connectivity index (χ0) is 16.8. The van der Waals surface area contributed by atoms with E-state index < -0.39 is 12.0 Å². The number of hydrogen-bond donors (Lipinski definition) is 2. The van der Waals surface area contributed by atoms with E-state index in [4.69, 9.17) is 0 Å². The largest absolute Gasteiger partial charge is 0.480 e. The number of hydrogen-bond acceptors (Lipinski definition) is 4. The number of nitrogens with zero attached hydrogens (tertiary/aromatic N) is 1. The maximum atomic E-state index is 11.9. The highest BCUT2D eigenvalue weighted by molar-refractivity contribution is 7.09. The topological polar surface area (TPSA) is 79.3 Å². The van der Waals surface area contributed by atoms with Crippen molar-refractivity contribution in [1.29, 1.82) is 0 Å². The number of aromatic nitrogens is 1. The van der Waals surface area contributed by atoms with Crippen molar-refractivity contribution in [3.05, 3.63) is 16.1 Å². The van der Waals surface area contributed by atoms with Gasteiger partial charge in [0, 0.05) is 11.8 Å². The zero-order valence-corrected chi connectivity index (χ0v) is 14.6. The van der Waals surface area contributed by atoms with Crippen molar-refractivity contribution in [2.45, 2.75) is 65.8 Å². The second-order valence-corrected chi connectivity index (χ2v) is 7.83. The molecule has 0 fully saturated rings. The first-order chi connectivity index (χ1) is 10.2. The van der Waals surface area contributed by atoms with Crippen LogP contribution in [0.2, 0.25) is 0 Å². The number of carbonyl (C=O) groups is 2. The Morgan fingerprint density at radius 1 is 1.41 bits per heavy atom. The average Bonchev–Trinajstić information content (AvgIpc) is 2.79. The Bertz CT molecular complexity index is 506. The van der Waals surface area contributed by atoms with Gasteiger partial charge in [-0.3, -0.25) is 4.79 Å². The fraction of sp³-hybridized carbons (Fsp3) is 0.688. The predicted molar refractivity (Wildman–Crippen MR) is 88.0 cm³/mol. The van der Waals surface area contributed by atoms with Crippen LogP contribution in [-0.4, -0.2) is 28.0 Å². The fourth-order valence-electron chi connectivity index (χ4n) is 2.05. The molecule has 1 unspecified atom stereocenters. The van der Waals surface area contributed by atoms with Gasteiger partial charge in [-0.1, -0.05) is 20.8 Å². The van der Waals surface area contributed by atoms with Crippen molar-refractivity contribution in [1.82, 2.24) is 10.3 Å². The summed E-state index contributed by atoms with van der Waals surface area (Å²) < 4.78 is 0. The minimum Gasteiger partial charge on any atom is -0.480 e. The van der Waals surface area contributed by atoms with Gasteiger partial charge < -0.3 is 10.4 Å². The molecule has 0 saturated carbocycles. The highest BCUT2D eigenvalue weighted by atomic mass is 32.1. The lowest BCUT2D eigenvalue weighted by atomic mass is 9.88. The smallest absolute Gasteiger partial charge is 0.326 e. The summed E-state index contributed by atoms with van der Waals surface area (Å²) in [5.41, 5.74) is 1.05. The SMILES string of the molecule is Cc1nc(CCCC(=O)NC(CCC(C)(C)C)C(=O)O)cs1. The molecule has 1 rings (SSSR count). The first kappa shape index (κ1) is 18.6. The standard InChI is InChI=1S/C16H26N2O3S/c1-11-17-12(10-22-11)6-5-7-14(19)18-13(15(20)21)8-9-16(2,3)4/h10,13H,5-9H2,1-4H3,(H,18,19)(H,20,21). The number of rotatable bonds is 8. The maximum Gasteiger partial charge on any atom is 0.326 e. The zero-order valence-electron chi connectivity index (χ0n) is 13.8. The van der Waals surface area contributed by atoms with Crippen LogP contribution in [0.4, 0.5) is 0 Å². The summed E-state index contributed by atoms with van der Waals surface area (Å²) in [4.78, 5) is 27.5. The molecule has 1 atom stereocenters. The van der Waals surface area contributed by atoms with Gasteiger partial charge in [-0.25, -0.2) is 9.78 Å². The lowest BCUT2D eigenvalue weighted by Gasteiger charge is -2.21.